The van der Waals surface area contributed by atoms with Gasteiger partial charge in [0.15, 0.2) is 16.7 Å². The smallest absolute Gasteiger partial charge is 0.185 e. The molecule has 7 heteroatoms. The van der Waals surface area contributed by atoms with Crippen LogP contribution in [0.4, 0.5) is 0 Å². The van der Waals surface area contributed by atoms with Gasteiger partial charge in [0, 0.05) is 18.8 Å². The molecule has 1 atom stereocenters. The molecule has 6 nitrogen and oxygen atoms in total. The fourth-order valence-electron chi connectivity index (χ4n) is 2.20. The fraction of sp³-hybridized carbons (Fsp3) is 0.429. The van der Waals surface area contributed by atoms with E-state index in [1.54, 1.807) is 22.8 Å². The van der Waals surface area contributed by atoms with Gasteiger partial charge in [-0.2, -0.15) is 5.10 Å². The summed E-state index contributed by atoms with van der Waals surface area (Å²) >= 11 is 1.67. The lowest BCUT2D eigenvalue weighted by Crippen LogP contribution is -2.20. The van der Waals surface area contributed by atoms with Crippen molar-refractivity contribution in [3.63, 3.8) is 0 Å². The number of rotatable bonds is 5. The number of nitrogens with one attached hydrogen (secondary N) is 1. The van der Waals surface area contributed by atoms with E-state index in [1.165, 1.54) is 5.56 Å². The Morgan fingerprint density at radius 1 is 1.33 bits per heavy atom. The van der Waals surface area contributed by atoms with E-state index in [0.717, 1.165) is 22.4 Å². The number of aryl methyl sites for hydroxylation is 1. The van der Waals surface area contributed by atoms with Crippen LogP contribution < -0.4 is 14.8 Å². The van der Waals surface area contributed by atoms with Crippen LogP contribution in [0.15, 0.2) is 29.7 Å². The Kier molecular flexibility index (Phi) is 4.31. The predicted molar refractivity (Wildman–Crippen MR) is 81.0 cm³/mol. The van der Waals surface area contributed by atoms with E-state index in [0.29, 0.717) is 13.2 Å². The number of nitrogens with zero attached hydrogens (tertiary/aromatic N) is 3. The van der Waals surface area contributed by atoms with Gasteiger partial charge < -0.3 is 14.8 Å². The van der Waals surface area contributed by atoms with Gasteiger partial charge in [0.1, 0.15) is 19.5 Å². The first-order valence-corrected chi connectivity index (χ1v) is 7.80. The van der Waals surface area contributed by atoms with Gasteiger partial charge >= 0.3 is 0 Å². The summed E-state index contributed by atoms with van der Waals surface area (Å²) in [6.07, 6.45) is 1.57. The predicted octanol–water partition coefficient (Wildman–Crippen LogP) is 1.64. The van der Waals surface area contributed by atoms with E-state index in [2.05, 4.69) is 21.5 Å². The van der Waals surface area contributed by atoms with Gasteiger partial charge in [0.25, 0.3) is 0 Å². The minimum Gasteiger partial charge on any atom is -0.486 e. The van der Waals surface area contributed by atoms with Crippen LogP contribution in [0.25, 0.3) is 0 Å². The van der Waals surface area contributed by atoms with E-state index in [1.807, 2.05) is 26.2 Å². The zero-order chi connectivity index (χ0) is 14.7. The number of ether oxygens (including phenoxy) is 2. The van der Waals surface area contributed by atoms with Crippen molar-refractivity contribution >= 4 is 11.8 Å². The number of benzene rings is 1. The van der Waals surface area contributed by atoms with E-state index in [-0.39, 0.29) is 6.04 Å². The first kappa shape index (κ1) is 14.2. The van der Waals surface area contributed by atoms with Crippen LogP contribution >= 0.6 is 11.8 Å². The normalized spacial score (nSPS) is 15.0. The molecule has 1 N–H and O–H groups in total. The first-order chi connectivity index (χ1) is 10.3. The molecule has 2 heterocycles. The molecule has 0 saturated carbocycles. The lowest BCUT2D eigenvalue weighted by atomic mass is 10.1. The van der Waals surface area contributed by atoms with E-state index in [9.17, 15) is 0 Å². The molecule has 0 bridgehead atoms. The molecule has 1 aromatic carbocycles. The highest BCUT2D eigenvalue weighted by Gasteiger charge is 2.17. The van der Waals surface area contributed by atoms with Crippen molar-refractivity contribution in [2.45, 2.75) is 11.2 Å². The number of aromatic nitrogens is 3. The highest BCUT2D eigenvalue weighted by molar-refractivity contribution is 7.99. The van der Waals surface area contributed by atoms with Crippen molar-refractivity contribution in [1.82, 2.24) is 20.1 Å². The molecule has 0 amide bonds. The molecule has 0 radical (unpaired) electrons. The van der Waals surface area contributed by atoms with E-state index < -0.39 is 0 Å². The van der Waals surface area contributed by atoms with Crippen LogP contribution in [0.1, 0.15) is 11.6 Å². The maximum absolute atomic E-state index is 5.64. The molecule has 0 aliphatic carbocycles. The molecule has 2 aromatic rings. The summed E-state index contributed by atoms with van der Waals surface area (Å²) in [7, 11) is 3.85. The third-order valence-corrected chi connectivity index (χ3v) is 4.49. The topological polar surface area (TPSA) is 61.2 Å². The molecule has 1 aromatic heterocycles. The Labute approximate surface area is 127 Å². The summed E-state index contributed by atoms with van der Waals surface area (Å²) in [5.74, 6) is 2.51. The quantitative estimate of drug-likeness (QED) is 0.847. The van der Waals surface area contributed by atoms with Crippen LogP contribution in [0.3, 0.4) is 0 Å². The second-order valence-corrected chi connectivity index (χ2v) is 5.71. The second-order valence-electron chi connectivity index (χ2n) is 4.72. The van der Waals surface area contributed by atoms with Crippen LogP contribution in [-0.2, 0) is 7.05 Å². The highest BCUT2D eigenvalue weighted by atomic mass is 32.2. The maximum Gasteiger partial charge on any atom is 0.185 e. The van der Waals surface area contributed by atoms with Crippen molar-refractivity contribution < 1.29 is 9.47 Å². The van der Waals surface area contributed by atoms with Crippen molar-refractivity contribution in [2.75, 3.05) is 26.0 Å². The minimum absolute atomic E-state index is 0.211. The van der Waals surface area contributed by atoms with E-state index >= 15 is 0 Å². The fourth-order valence-corrected chi connectivity index (χ4v) is 3.23. The minimum atomic E-state index is 0.211. The Morgan fingerprint density at radius 2 is 2.14 bits per heavy atom. The Bertz CT molecular complexity index is 617. The zero-order valence-corrected chi connectivity index (χ0v) is 12.9. The molecule has 1 aliphatic heterocycles. The number of fused-ring (bicyclic) bond motifs is 1. The van der Waals surface area contributed by atoms with E-state index in [4.69, 9.17) is 9.47 Å². The molecule has 0 saturated heterocycles. The van der Waals surface area contributed by atoms with Crippen LogP contribution in [0, 0.1) is 0 Å². The SMILES string of the molecule is CNC(CSc1ncnn1C)c1ccc2c(c1)OCCO2. The molecule has 112 valence electrons. The standard InChI is InChI=1S/C14H18N4O2S/c1-15-11(8-21-14-16-9-17-18(14)2)10-3-4-12-13(7-10)20-6-5-19-12/h3-4,7,9,11,15H,5-6,8H2,1-2H3. The summed E-state index contributed by atoms with van der Waals surface area (Å²) in [5.41, 5.74) is 1.18. The third kappa shape index (κ3) is 3.14. The van der Waals surface area contributed by atoms with Gasteiger partial charge in [-0.15, -0.1) is 0 Å². The lowest BCUT2D eigenvalue weighted by Gasteiger charge is -2.21. The van der Waals surface area contributed by atoms with Crippen LogP contribution in [0.2, 0.25) is 0 Å². The summed E-state index contributed by atoms with van der Waals surface area (Å²) in [6, 6.07) is 6.31. The van der Waals surface area contributed by atoms with Gasteiger partial charge in [-0.25, -0.2) is 9.67 Å². The number of thioether (sulfide) groups is 1. The number of hydrogen-bond acceptors (Lipinski definition) is 6. The summed E-state index contributed by atoms with van der Waals surface area (Å²) in [4.78, 5) is 4.23. The molecule has 1 unspecified atom stereocenters. The van der Waals surface area contributed by atoms with Gasteiger partial charge in [0.2, 0.25) is 0 Å². The number of hydrogen-bond donors (Lipinski definition) is 1. The van der Waals surface area contributed by atoms with Crippen molar-refractivity contribution in [2.24, 2.45) is 7.05 Å². The van der Waals surface area contributed by atoms with Crippen molar-refractivity contribution in [3.05, 3.63) is 30.1 Å². The average Bonchev–Trinajstić information content (AvgIpc) is 2.93. The van der Waals surface area contributed by atoms with Gasteiger partial charge in [-0.3, -0.25) is 0 Å². The largest absolute Gasteiger partial charge is 0.486 e. The molecular weight excluding hydrogens is 288 g/mol. The summed E-state index contributed by atoms with van der Waals surface area (Å²) < 4.78 is 13.0. The maximum atomic E-state index is 5.64. The summed E-state index contributed by atoms with van der Waals surface area (Å²) in [6.45, 7) is 1.22. The van der Waals surface area contributed by atoms with Gasteiger partial charge in [-0.05, 0) is 24.7 Å². The Balaban J connectivity index is 1.72. The van der Waals surface area contributed by atoms with Gasteiger partial charge in [-0.1, -0.05) is 17.8 Å². The lowest BCUT2D eigenvalue weighted by molar-refractivity contribution is 0.171. The van der Waals surface area contributed by atoms with Crippen molar-refractivity contribution in [3.8, 4) is 11.5 Å². The van der Waals surface area contributed by atoms with Gasteiger partial charge in [0.05, 0.1) is 0 Å². The average molecular weight is 306 g/mol. The molecule has 21 heavy (non-hydrogen) atoms. The highest BCUT2D eigenvalue weighted by Crippen LogP contribution is 2.33. The third-order valence-electron chi connectivity index (χ3n) is 3.37. The van der Waals surface area contributed by atoms with Crippen LogP contribution in [-0.4, -0.2) is 40.8 Å². The van der Waals surface area contributed by atoms with Crippen LogP contribution in [0.5, 0.6) is 11.5 Å². The monoisotopic (exact) mass is 306 g/mol. The molecule has 1 aliphatic rings. The molecule has 0 spiro atoms. The summed E-state index contributed by atoms with van der Waals surface area (Å²) in [5, 5.41) is 8.32. The molecule has 0 fully saturated rings. The zero-order valence-electron chi connectivity index (χ0n) is 12.1. The second kappa shape index (κ2) is 6.36. The molecular formula is C14H18N4O2S. The van der Waals surface area contributed by atoms with Crippen molar-refractivity contribution in [1.29, 1.82) is 0 Å². The Morgan fingerprint density at radius 3 is 2.86 bits per heavy atom. The first-order valence-electron chi connectivity index (χ1n) is 6.81. The molecule has 3 rings (SSSR count). The Hall–Kier alpha value is -1.73.